The quantitative estimate of drug-likeness (QED) is 0.0111. The van der Waals surface area contributed by atoms with Gasteiger partial charge in [0, 0.05) is 51.6 Å². The van der Waals surface area contributed by atoms with Crippen LogP contribution >= 0.6 is 0 Å². The van der Waals surface area contributed by atoms with E-state index in [9.17, 15) is 79.0 Å². The molecule has 13 rings (SSSR count). The maximum atomic E-state index is 13.9. The van der Waals surface area contributed by atoms with Gasteiger partial charge in [-0.2, -0.15) is 0 Å². The third kappa shape index (κ3) is 18.2. The molecule has 0 bridgehead atoms. The van der Waals surface area contributed by atoms with Crippen LogP contribution in [-0.4, -0.2) is 180 Å². The first kappa shape index (κ1) is 84.7. The summed E-state index contributed by atoms with van der Waals surface area (Å²) in [6.07, 6.45) is -15.9. The number of non-ortho nitro benzene ring substituents is 2. The Hall–Kier alpha value is -13.7. The van der Waals surface area contributed by atoms with Gasteiger partial charge >= 0.3 is 48.5 Å². The van der Waals surface area contributed by atoms with Crippen LogP contribution in [0.4, 0.5) is 30.6 Å². The van der Waals surface area contributed by atoms with Gasteiger partial charge in [0.1, 0.15) is 63.3 Å². The highest BCUT2D eigenvalue weighted by Crippen LogP contribution is 2.51. The van der Waals surface area contributed by atoms with Crippen molar-refractivity contribution in [3.05, 3.63) is 200 Å². The van der Waals surface area contributed by atoms with E-state index < -0.39 is 163 Å². The molecule has 0 amide bonds. The molecule has 7 aromatic rings. The van der Waals surface area contributed by atoms with Gasteiger partial charge in [-0.1, -0.05) is 69.7 Å². The van der Waals surface area contributed by atoms with E-state index in [2.05, 4.69) is 26.3 Å². The number of hydrogen-bond donors (Lipinski definition) is 4. The third-order valence-electron chi connectivity index (χ3n) is 19.1. The molecule has 2 saturated heterocycles. The van der Waals surface area contributed by atoms with E-state index >= 15 is 0 Å². The zero-order valence-electron chi connectivity index (χ0n) is 63.6. The predicted octanol–water partition coefficient (Wildman–Crippen LogP) is 10.6. The molecule has 626 valence electrons. The van der Waals surface area contributed by atoms with E-state index in [0.717, 1.165) is 0 Å². The van der Waals surface area contributed by atoms with E-state index in [1.165, 1.54) is 50.3 Å². The van der Waals surface area contributed by atoms with Crippen molar-refractivity contribution in [1.29, 1.82) is 0 Å². The Bertz CT molecular complexity index is 5180. The molecule has 6 aliphatic rings. The van der Waals surface area contributed by atoms with E-state index in [1.54, 1.807) is 55.5 Å². The number of benzene rings is 7. The summed E-state index contributed by atoms with van der Waals surface area (Å²) in [6.45, 7) is 14.8. The maximum absolute atomic E-state index is 13.9. The topological polar surface area (TPSA) is 488 Å². The zero-order chi connectivity index (χ0) is 85.0. The van der Waals surface area contributed by atoms with E-state index in [-0.39, 0.29) is 110 Å². The lowest BCUT2D eigenvalue weighted by molar-refractivity contribution is -0.394. The van der Waals surface area contributed by atoms with Crippen LogP contribution in [-0.2, 0) is 111 Å². The number of carbonyl (C=O) groups excluding carboxylic acids is 8. The Morgan fingerprint density at radius 3 is 1.18 bits per heavy atom. The first-order chi connectivity index (χ1) is 57.4. The molecule has 0 aromatic heterocycles. The first-order valence-corrected chi connectivity index (χ1v) is 36.5. The highest BCUT2D eigenvalue weighted by molar-refractivity contribution is 6.15. The summed E-state index contributed by atoms with van der Waals surface area (Å²) in [5.41, 5.74) is 1.15. The van der Waals surface area contributed by atoms with Gasteiger partial charge in [0.05, 0.1) is 59.0 Å². The van der Waals surface area contributed by atoms with Crippen LogP contribution in [0.2, 0.25) is 0 Å². The van der Waals surface area contributed by atoms with Crippen LogP contribution in [0.1, 0.15) is 98.1 Å². The molecule has 4 N–H and O–H groups in total. The van der Waals surface area contributed by atoms with Gasteiger partial charge in [0.25, 0.3) is 11.4 Å². The average Bonchev–Trinajstić information content (AvgIpc) is 1.68. The van der Waals surface area contributed by atoms with E-state index in [4.69, 9.17) is 94.7 Å². The van der Waals surface area contributed by atoms with Crippen molar-refractivity contribution in [3.8, 4) is 56.8 Å². The van der Waals surface area contributed by atoms with Crippen LogP contribution < -0.4 is 28.4 Å². The minimum atomic E-state index is -2.00. The highest BCUT2D eigenvalue weighted by atomic mass is 16.8. The SMILES string of the molecule is C=CCOC(=O)O[C@H]1[C@H](OC(=O)CCC)[C@@H](OC(=O)OCC=C)C(Oc2c3c(c(-c4ccc5c(c4)OCO5)c4cc(CO)c(CO)cc24)C(=O)OC3)O[C@@H]1C.C=CCOC(=O)O[C@H]1[C@H](OC(=O)c2cc([N+](=O)[O-])cc([N+](=O)[O-])c2)[C@@H](OC(=O)OCC=C)C(Oc2c3c(c(-c4ccc5c(c4)OCO5)c4cc(CO)c(CO)cc24)C(=O)OC3)O[C@@H]1C. The van der Waals surface area contributed by atoms with Crippen molar-refractivity contribution >= 4 is 81.4 Å². The molecule has 2 fully saturated rings. The van der Waals surface area contributed by atoms with Crippen LogP contribution in [0.15, 0.2) is 129 Å². The van der Waals surface area contributed by atoms with E-state index in [0.29, 0.717) is 97.2 Å². The monoisotopic (exact) mass is 1650 g/mol. The van der Waals surface area contributed by atoms with Crippen LogP contribution in [0.3, 0.4) is 0 Å². The second-order valence-corrected chi connectivity index (χ2v) is 26.6. The largest absolute Gasteiger partial charge is 0.509 e. The number of nitrogens with zero attached hydrogens (tertiary/aromatic N) is 2. The third-order valence-corrected chi connectivity index (χ3v) is 19.1. The lowest BCUT2D eigenvalue weighted by atomic mass is 9.87. The van der Waals surface area contributed by atoms with Gasteiger partial charge in [-0.05, 0) is 113 Å². The Morgan fingerprint density at radius 1 is 0.454 bits per heavy atom. The zero-order valence-corrected chi connectivity index (χ0v) is 63.6. The fourth-order valence-corrected chi connectivity index (χ4v) is 13.8. The molecule has 10 atom stereocenters. The number of aliphatic hydroxyl groups excluding tert-OH is 4. The summed E-state index contributed by atoms with van der Waals surface area (Å²) in [5.74, 6) is -1.93. The van der Waals surface area contributed by atoms with Crippen molar-refractivity contribution in [2.45, 2.75) is 135 Å². The van der Waals surface area contributed by atoms with Crippen LogP contribution in [0, 0.1) is 20.2 Å². The summed E-state index contributed by atoms with van der Waals surface area (Å²) in [6, 6.07) is 18.4. The lowest BCUT2D eigenvalue weighted by Crippen LogP contribution is -2.62. The Morgan fingerprint density at radius 2 is 0.815 bits per heavy atom. The minimum absolute atomic E-state index is 0.00939. The molecular formula is C81H76N2O36. The molecule has 2 unspecified atom stereocenters. The number of aliphatic hydroxyl groups is 4. The summed E-state index contributed by atoms with van der Waals surface area (Å²) in [5, 5.41) is 66.1. The second kappa shape index (κ2) is 37.5. The molecule has 7 aromatic carbocycles. The predicted molar refractivity (Wildman–Crippen MR) is 402 cm³/mol. The van der Waals surface area contributed by atoms with Gasteiger partial charge in [-0.15, -0.1) is 0 Å². The molecule has 119 heavy (non-hydrogen) atoms. The second-order valence-electron chi connectivity index (χ2n) is 26.6. The number of nitro groups is 2. The van der Waals surface area contributed by atoms with Gasteiger partial charge in [-0.25, -0.2) is 33.6 Å². The summed E-state index contributed by atoms with van der Waals surface area (Å²) in [7, 11) is 0. The number of nitro benzene ring substituents is 2. The first-order valence-electron chi connectivity index (χ1n) is 36.5. The van der Waals surface area contributed by atoms with E-state index in [1.807, 2.05) is 0 Å². The fourth-order valence-electron chi connectivity index (χ4n) is 13.8. The normalized spacial score (nSPS) is 20.1. The van der Waals surface area contributed by atoms with Crippen molar-refractivity contribution in [1.82, 2.24) is 0 Å². The Labute approximate surface area is 673 Å². The van der Waals surface area contributed by atoms with Gasteiger partial charge in [-0.3, -0.25) is 25.0 Å². The molecule has 6 heterocycles. The van der Waals surface area contributed by atoms with Crippen molar-refractivity contribution in [2.24, 2.45) is 0 Å². The average molecular weight is 1650 g/mol. The Balaban J connectivity index is 0.000000221. The molecule has 0 radical (unpaired) electrons. The smallest absolute Gasteiger partial charge is 0.460 e. The van der Waals surface area contributed by atoms with Crippen LogP contribution in [0.5, 0.6) is 34.5 Å². The number of cyclic esters (lactones) is 2. The van der Waals surface area contributed by atoms with Crippen LogP contribution in [0.25, 0.3) is 43.8 Å². The lowest BCUT2D eigenvalue weighted by Gasteiger charge is -2.43. The molecule has 6 aliphatic heterocycles. The molecule has 0 aliphatic carbocycles. The number of esters is 4. The number of hydrogen-bond acceptors (Lipinski definition) is 36. The minimum Gasteiger partial charge on any atom is -0.460 e. The maximum Gasteiger partial charge on any atom is 0.509 e. The Kier molecular flexibility index (Phi) is 26.7. The number of carbonyl (C=O) groups is 8. The molecule has 0 saturated carbocycles. The van der Waals surface area contributed by atoms with Crippen molar-refractivity contribution < 1.29 is 163 Å². The molecule has 38 heteroatoms. The van der Waals surface area contributed by atoms with Crippen molar-refractivity contribution in [2.75, 3.05) is 40.0 Å². The van der Waals surface area contributed by atoms with Gasteiger partial charge < -0.3 is 115 Å². The van der Waals surface area contributed by atoms with Crippen molar-refractivity contribution in [3.63, 3.8) is 0 Å². The fraction of sp³-hybridized carbons (Fsp3) is 0.333. The summed E-state index contributed by atoms with van der Waals surface area (Å²) < 4.78 is 113. The molecule has 0 spiro atoms. The summed E-state index contributed by atoms with van der Waals surface area (Å²) in [4.78, 5) is 128. The molecule has 38 nitrogen and oxygen atoms in total. The summed E-state index contributed by atoms with van der Waals surface area (Å²) >= 11 is 0. The molecular weight excluding hydrogens is 1580 g/mol. The van der Waals surface area contributed by atoms with Gasteiger partial charge in [0.15, 0.2) is 47.4 Å². The van der Waals surface area contributed by atoms with Gasteiger partial charge in [0.2, 0.25) is 38.4 Å². The number of rotatable bonds is 29. The standard InChI is InChI=1S/C42H36N2O20.C39H40O16/c1-4-8-55-41(49)63-34-20(3)60-40(37(64-42(50)56-9-5-2)36(34)61-38(47)22-10-25(43(51)52)15-26(11-22)44(53)54)62-35-28-13-24(17-46)23(16-45)12-27(28)32(33-29(35)18-57-39(33)48)21-6-7-30-31(14-21)59-19-58-30;1-5-8-29(42)52-34-32(54-38(44)46-11-6-2)20(4)51-37(35(34)55-39(45)47-12-7-3)53-33-25-14-23(17-41)22(16-40)13-24(25)30(31-26(33)18-48-36(31)43)21-9-10-27-28(15-21)50-19-49-27/h4-7,10-15,20,34,36-37,40,45-46H,1-2,8-9,16-19H2,3H3;6-7,9-10,13-15,20,32,34-35,37,40-41H,2-3,5,8,11-12,16-19H2,1,4H3/t20-,34-,36+,37-,40?;20-,32-,34+,35-,37?/m11/s1. The highest BCUT2D eigenvalue weighted by Gasteiger charge is 2.56. The number of ether oxygens (including phenoxy) is 20. The number of fused-ring (bicyclic) bond motifs is 6.